The van der Waals surface area contributed by atoms with Crippen LogP contribution in [-0.2, 0) is 11.3 Å². The smallest absolute Gasteiger partial charge is 0.234 e. The quantitative estimate of drug-likeness (QED) is 0.590. The number of aromatic nitrogens is 2. The van der Waals surface area contributed by atoms with E-state index < -0.39 is 0 Å². The second-order valence-electron chi connectivity index (χ2n) is 5.52. The fourth-order valence-electron chi connectivity index (χ4n) is 2.55. The summed E-state index contributed by atoms with van der Waals surface area (Å²) in [5, 5.41) is 4.51. The van der Waals surface area contributed by atoms with Crippen LogP contribution in [0.25, 0.3) is 11.0 Å². The molecule has 0 fully saturated rings. The summed E-state index contributed by atoms with van der Waals surface area (Å²) in [5.74, 6) is 0.0540. The van der Waals surface area contributed by atoms with Crippen LogP contribution in [-0.4, -0.2) is 21.2 Å². The molecule has 2 aromatic carbocycles. The minimum Gasteiger partial charge on any atom is -0.323 e. The number of thioether (sulfide) groups is 1. The van der Waals surface area contributed by atoms with Crippen LogP contribution in [0.1, 0.15) is 12.5 Å². The Hall–Kier alpha value is -1.69. The summed E-state index contributed by atoms with van der Waals surface area (Å²) in [6.07, 6.45) is 0. The zero-order valence-corrected chi connectivity index (χ0v) is 16.2. The number of imidazole rings is 1. The standard InChI is InChI=1S/C18H17Cl2N3OS/c1-3-23-14-7-5-4-6-13(14)21-18(23)25-10-15(24)22-17-12(19)9-8-11(2)16(17)20/h4-9H,3,10H2,1-2H3,(H,22,24). The maximum absolute atomic E-state index is 12.3. The van der Waals surface area contributed by atoms with Gasteiger partial charge in [0.05, 0.1) is 32.5 Å². The van der Waals surface area contributed by atoms with Crippen molar-refractivity contribution in [3.8, 4) is 0 Å². The van der Waals surface area contributed by atoms with Gasteiger partial charge in [-0.1, -0.05) is 53.2 Å². The number of hydrogen-bond donors (Lipinski definition) is 1. The number of carbonyl (C=O) groups excluding carboxylic acids is 1. The molecule has 0 saturated heterocycles. The molecule has 0 aliphatic rings. The highest BCUT2D eigenvalue weighted by Crippen LogP contribution is 2.33. The third-order valence-corrected chi connectivity index (χ3v) is 5.60. The summed E-state index contributed by atoms with van der Waals surface area (Å²) in [5.41, 5.74) is 3.31. The van der Waals surface area contributed by atoms with Gasteiger partial charge in [0.2, 0.25) is 5.91 Å². The van der Waals surface area contributed by atoms with Crippen LogP contribution in [0, 0.1) is 6.92 Å². The third kappa shape index (κ3) is 3.78. The number of benzene rings is 2. The number of anilines is 1. The van der Waals surface area contributed by atoms with Gasteiger partial charge in [0.1, 0.15) is 0 Å². The molecule has 1 aromatic heterocycles. The van der Waals surface area contributed by atoms with Crippen LogP contribution < -0.4 is 5.32 Å². The Bertz CT molecular complexity index is 939. The van der Waals surface area contributed by atoms with Crippen LogP contribution >= 0.6 is 35.0 Å². The van der Waals surface area contributed by atoms with Crippen LogP contribution in [0.3, 0.4) is 0 Å². The number of amides is 1. The SMILES string of the molecule is CCn1c(SCC(=O)Nc2c(Cl)ccc(C)c2Cl)nc2ccccc21. The number of rotatable bonds is 5. The monoisotopic (exact) mass is 393 g/mol. The maximum Gasteiger partial charge on any atom is 0.234 e. The first-order valence-corrected chi connectivity index (χ1v) is 9.58. The van der Waals surface area contributed by atoms with Gasteiger partial charge in [-0.05, 0) is 37.6 Å². The number of aryl methyl sites for hydroxylation is 2. The molecule has 0 unspecified atom stereocenters. The lowest BCUT2D eigenvalue weighted by atomic mass is 10.2. The van der Waals surface area contributed by atoms with Gasteiger partial charge in [-0.25, -0.2) is 4.98 Å². The summed E-state index contributed by atoms with van der Waals surface area (Å²) in [6.45, 7) is 4.72. The predicted molar refractivity (Wildman–Crippen MR) is 106 cm³/mol. The molecular formula is C18H17Cl2N3OS. The second kappa shape index (κ2) is 7.68. The van der Waals surface area contributed by atoms with Gasteiger partial charge in [0, 0.05) is 6.54 Å². The van der Waals surface area contributed by atoms with E-state index in [9.17, 15) is 4.79 Å². The summed E-state index contributed by atoms with van der Waals surface area (Å²) in [6, 6.07) is 11.5. The van der Waals surface area contributed by atoms with Gasteiger partial charge in [-0.15, -0.1) is 0 Å². The highest BCUT2D eigenvalue weighted by atomic mass is 35.5. The number of halogens is 2. The zero-order chi connectivity index (χ0) is 18.0. The van der Waals surface area contributed by atoms with Crippen LogP contribution in [0.2, 0.25) is 10.0 Å². The van der Waals surface area contributed by atoms with E-state index in [1.807, 2.05) is 37.3 Å². The van der Waals surface area contributed by atoms with Crippen LogP contribution in [0.5, 0.6) is 0 Å². The van der Waals surface area contributed by atoms with Crippen molar-refractivity contribution in [3.05, 3.63) is 52.0 Å². The molecule has 3 aromatic rings. The van der Waals surface area contributed by atoms with Crippen LogP contribution in [0.15, 0.2) is 41.6 Å². The molecule has 0 spiro atoms. The van der Waals surface area contributed by atoms with Crippen molar-refractivity contribution < 1.29 is 4.79 Å². The fraction of sp³-hybridized carbons (Fsp3) is 0.222. The van der Waals surface area contributed by atoms with E-state index in [0.717, 1.165) is 28.3 Å². The molecular weight excluding hydrogens is 377 g/mol. The Kier molecular flexibility index (Phi) is 5.57. The molecule has 0 aliphatic carbocycles. The summed E-state index contributed by atoms with van der Waals surface area (Å²) < 4.78 is 2.10. The molecule has 1 heterocycles. The molecule has 0 saturated carbocycles. The Morgan fingerprint density at radius 3 is 2.76 bits per heavy atom. The van der Waals surface area contributed by atoms with Gasteiger partial charge < -0.3 is 9.88 Å². The van der Waals surface area contributed by atoms with Crippen molar-refractivity contribution in [1.29, 1.82) is 0 Å². The van der Waals surface area contributed by atoms with Gasteiger partial charge >= 0.3 is 0 Å². The number of carbonyl (C=O) groups is 1. The molecule has 4 nitrogen and oxygen atoms in total. The van der Waals surface area contributed by atoms with E-state index in [1.54, 1.807) is 6.07 Å². The van der Waals surface area contributed by atoms with Crippen molar-refractivity contribution in [1.82, 2.24) is 9.55 Å². The minimum atomic E-state index is -0.172. The van der Waals surface area contributed by atoms with Crippen molar-refractivity contribution >= 4 is 57.6 Å². The Morgan fingerprint density at radius 2 is 2.00 bits per heavy atom. The molecule has 1 N–H and O–H groups in total. The van der Waals surface area contributed by atoms with Crippen molar-refractivity contribution in [2.75, 3.05) is 11.1 Å². The molecule has 3 rings (SSSR count). The third-order valence-electron chi connectivity index (χ3n) is 3.82. The van der Waals surface area contributed by atoms with E-state index in [2.05, 4.69) is 21.8 Å². The highest BCUT2D eigenvalue weighted by Gasteiger charge is 2.14. The van der Waals surface area contributed by atoms with E-state index in [-0.39, 0.29) is 11.7 Å². The van der Waals surface area contributed by atoms with Crippen molar-refractivity contribution in [2.45, 2.75) is 25.5 Å². The second-order valence-corrected chi connectivity index (χ2v) is 7.25. The summed E-state index contributed by atoms with van der Waals surface area (Å²) in [7, 11) is 0. The summed E-state index contributed by atoms with van der Waals surface area (Å²) in [4.78, 5) is 16.9. The Morgan fingerprint density at radius 1 is 1.24 bits per heavy atom. The molecule has 0 bridgehead atoms. The van der Waals surface area contributed by atoms with E-state index in [4.69, 9.17) is 23.2 Å². The lowest BCUT2D eigenvalue weighted by molar-refractivity contribution is -0.113. The van der Waals surface area contributed by atoms with E-state index >= 15 is 0 Å². The average Bonchev–Trinajstić information content (AvgIpc) is 2.97. The lowest BCUT2D eigenvalue weighted by Crippen LogP contribution is -2.15. The molecule has 0 aliphatic heterocycles. The largest absolute Gasteiger partial charge is 0.323 e. The fourth-order valence-corrected chi connectivity index (χ4v) is 3.89. The van der Waals surface area contributed by atoms with E-state index in [1.165, 1.54) is 11.8 Å². The molecule has 130 valence electrons. The minimum absolute atomic E-state index is 0.172. The molecule has 7 heteroatoms. The molecule has 0 atom stereocenters. The number of para-hydroxylation sites is 2. The Balaban J connectivity index is 1.74. The number of nitrogens with zero attached hydrogens (tertiary/aromatic N) is 2. The van der Waals surface area contributed by atoms with Crippen molar-refractivity contribution in [3.63, 3.8) is 0 Å². The summed E-state index contributed by atoms with van der Waals surface area (Å²) >= 11 is 13.8. The molecule has 25 heavy (non-hydrogen) atoms. The zero-order valence-electron chi connectivity index (χ0n) is 13.8. The normalized spacial score (nSPS) is 11.0. The highest BCUT2D eigenvalue weighted by molar-refractivity contribution is 7.99. The topological polar surface area (TPSA) is 46.9 Å². The average molecular weight is 394 g/mol. The van der Waals surface area contributed by atoms with Gasteiger partial charge in [-0.3, -0.25) is 4.79 Å². The first kappa shape index (κ1) is 18.1. The number of nitrogens with one attached hydrogen (secondary N) is 1. The lowest BCUT2D eigenvalue weighted by Gasteiger charge is -2.11. The van der Waals surface area contributed by atoms with Gasteiger partial charge in [0.15, 0.2) is 5.16 Å². The first-order chi connectivity index (χ1) is 12.0. The molecule has 0 radical (unpaired) electrons. The number of fused-ring (bicyclic) bond motifs is 1. The van der Waals surface area contributed by atoms with Crippen LogP contribution in [0.4, 0.5) is 5.69 Å². The van der Waals surface area contributed by atoms with Gasteiger partial charge in [-0.2, -0.15) is 0 Å². The number of hydrogen-bond acceptors (Lipinski definition) is 3. The maximum atomic E-state index is 12.3. The van der Waals surface area contributed by atoms with Gasteiger partial charge in [0.25, 0.3) is 0 Å². The van der Waals surface area contributed by atoms with E-state index in [0.29, 0.717) is 15.7 Å². The van der Waals surface area contributed by atoms with Crippen molar-refractivity contribution in [2.24, 2.45) is 0 Å². The first-order valence-electron chi connectivity index (χ1n) is 7.83. The molecule has 1 amide bonds. The Labute approximate surface area is 160 Å². The predicted octanol–water partition coefficient (Wildman–Crippen LogP) is 5.40.